The molecule has 1 aliphatic heterocycles. The smallest absolute Gasteiger partial charge is 0.258 e. The normalized spacial score (nSPS) is 29.0. The van der Waals surface area contributed by atoms with E-state index in [2.05, 4.69) is 38.3 Å². The van der Waals surface area contributed by atoms with Gasteiger partial charge in [0.15, 0.2) is 12.4 Å². The van der Waals surface area contributed by atoms with Gasteiger partial charge in [-0.05, 0) is 63.8 Å². The van der Waals surface area contributed by atoms with Crippen LogP contribution in [0, 0.1) is 18.8 Å². The van der Waals surface area contributed by atoms with E-state index in [1.165, 1.54) is 44.5 Å². The summed E-state index contributed by atoms with van der Waals surface area (Å²) in [7, 11) is 0. The van der Waals surface area contributed by atoms with Gasteiger partial charge in [-0.15, -0.1) is 0 Å². The Morgan fingerprint density at radius 1 is 1.27 bits per heavy atom. The van der Waals surface area contributed by atoms with E-state index < -0.39 is 0 Å². The fourth-order valence-electron chi connectivity index (χ4n) is 5.70. The average Bonchev–Trinajstić information content (AvgIpc) is 3.16. The van der Waals surface area contributed by atoms with E-state index >= 15 is 0 Å². The van der Waals surface area contributed by atoms with E-state index in [9.17, 15) is 4.79 Å². The van der Waals surface area contributed by atoms with Gasteiger partial charge in [0.05, 0.1) is 18.1 Å². The molecule has 0 spiro atoms. The zero-order valence-electron chi connectivity index (χ0n) is 19.8. The average molecular weight is 454 g/mol. The van der Waals surface area contributed by atoms with Crippen molar-refractivity contribution in [1.29, 1.82) is 0 Å². The summed E-state index contributed by atoms with van der Waals surface area (Å²) in [4.78, 5) is 23.0. The highest BCUT2D eigenvalue weighted by atomic mass is 16.5. The van der Waals surface area contributed by atoms with Crippen molar-refractivity contribution >= 4 is 5.91 Å². The standard InChI is InChI=1S/C25H35N5O3/c1-3-21-10-23(29-33-21)25-11-19(25)14-30(16-25)9-8-18-4-6-20(7-5-18)28-24(31)15-32-22-12-26-17(2)27-13-22/h10,12-13,18-20H,3-9,11,14-16H2,1-2H3,(H,28,31)/t18?,19?,20?,25-/m0/s1. The Labute approximate surface area is 195 Å². The van der Waals surface area contributed by atoms with Crippen molar-refractivity contribution in [2.45, 2.75) is 70.3 Å². The van der Waals surface area contributed by atoms with Gasteiger partial charge < -0.3 is 19.5 Å². The molecule has 1 saturated heterocycles. The molecule has 2 saturated carbocycles. The highest BCUT2D eigenvalue weighted by molar-refractivity contribution is 5.77. The van der Waals surface area contributed by atoms with Crippen LogP contribution in [0.15, 0.2) is 23.0 Å². The summed E-state index contributed by atoms with van der Waals surface area (Å²) >= 11 is 0. The summed E-state index contributed by atoms with van der Waals surface area (Å²) in [5.74, 6) is 3.65. The van der Waals surface area contributed by atoms with Gasteiger partial charge in [-0.25, -0.2) is 9.97 Å². The van der Waals surface area contributed by atoms with E-state index in [1.54, 1.807) is 12.4 Å². The van der Waals surface area contributed by atoms with Crippen LogP contribution in [0.3, 0.4) is 0 Å². The molecule has 2 aromatic rings. The second-order valence-corrected chi connectivity index (χ2v) is 10.2. The molecule has 1 amide bonds. The summed E-state index contributed by atoms with van der Waals surface area (Å²) < 4.78 is 11.0. The first-order valence-electron chi connectivity index (χ1n) is 12.4. The zero-order chi connectivity index (χ0) is 22.8. The van der Waals surface area contributed by atoms with Crippen LogP contribution in [-0.2, 0) is 16.6 Å². The SMILES string of the molecule is CCc1cc([C@]23CC2CN(CCC2CCC(NC(=O)COc4cnc(C)nc4)CC2)C3)no1. The van der Waals surface area contributed by atoms with Gasteiger partial charge in [0.2, 0.25) is 0 Å². The Balaban J connectivity index is 0.992. The molecular formula is C25H35N5O3. The number of nitrogens with one attached hydrogen (secondary N) is 1. The van der Waals surface area contributed by atoms with Crippen LogP contribution in [0.1, 0.15) is 62.7 Å². The minimum Gasteiger partial charge on any atom is -0.481 e. The van der Waals surface area contributed by atoms with Crippen LogP contribution in [0.2, 0.25) is 0 Å². The molecule has 0 aromatic carbocycles. The second-order valence-electron chi connectivity index (χ2n) is 10.2. The van der Waals surface area contributed by atoms with Crippen LogP contribution >= 0.6 is 0 Å². The van der Waals surface area contributed by atoms with E-state index in [0.29, 0.717) is 11.6 Å². The summed E-state index contributed by atoms with van der Waals surface area (Å²) in [5.41, 5.74) is 1.45. The third kappa shape index (κ3) is 5.05. The maximum Gasteiger partial charge on any atom is 0.258 e. The highest BCUT2D eigenvalue weighted by Gasteiger charge is 2.62. The Hall–Kier alpha value is -2.48. The number of carbonyl (C=O) groups is 1. The third-order valence-corrected chi connectivity index (χ3v) is 7.83. The fraction of sp³-hybridized carbons (Fsp3) is 0.680. The Morgan fingerprint density at radius 3 is 2.79 bits per heavy atom. The number of likely N-dealkylation sites (tertiary alicyclic amines) is 1. The van der Waals surface area contributed by atoms with Crippen LogP contribution < -0.4 is 10.1 Å². The number of carbonyl (C=O) groups excluding carboxylic acids is 1. The molecule has 2 atom stereocenters. The molecule has 178 valence electrons. The number of rotatable bonds is 9. The van der Waals surface area contributed by atoms with Crippen molar-refractivity contribution in [3.05, 3.63) is 35.7 Å². The number of aryl methyl sites for hydroxylation is 2. The van der Waals surface area contributed by atoms with Crippen molar-refractivity contribution in [2.75, 3.05) is 26.2 Å². The van der Waals surface area contributed by atoms with Gasteiger partial charge in [0.25, 0.3) is 5.91 Å². The molecule has 33 heavy (non-hydrogen) atoms. The first-order chi connectivity index (χ1) is 16.0. The number of ether oxygens (including phenoxy) is 1. The Morgan fingerprint density at radius 2 is 2.06 bits per heavy atom. The number of aromatic nitrogens is 3. The van der Waals surface area contributed by atoms with Crippen molar-refractivity contribution in [3.63, 3.8) is 0 Å². The van der Waals surface area contributed by atoms with E-state index in [0.717, 1.165) is 43.4 Å². The minimum absolute atomic E-state index is 0.00942. The summed E-state index contributed by atoms with van der Waals surface area (Å²) in [6.45, 7) is 7.44. The largest absolute Gasteiger partial charge is 0.481 e. The number of nitrogens with zero attached hydrogens (tertiary/aromatic N) is 4. The molecule has 2 aliphatic carbocycles. The van der Waals surface area contributed by atoms with Crippen molar-refractivity contribution < 1.29 is 14.1 Å². The third-order valence-electron chi connectivity index (χ3n) is 7.83. The quantitative estimate of drug-likeness (QED) is 0.624. The lowest BCUT2D eigenvalue weighted by molar-refractivity contribution is -0.124. The van der Waals surface area contributed by atoms with Crippen LogP contribution in [0.4, 0.5) is 0 Å². The summed E-state index contributed by atoms with van der Waals surface area (Å²) in [6.07, 6.45) is 11.1. The van der Waals surface area contributed by atoms with Crippen LogP contribution in [0.25, 0.3) is 0 Å². The maximum atomic E-state index is 12.2. The fourth-order valence-corrected chi connectivity index (χ4v) is 5.70. The Bertz CT molecular complexity index is 953. The maximum absolute atomic E-state index is 12.2. The molecule has 5 rings (SSSR count). The van der Waals surface area contributed by atoms with Gasteiger partial charge in [-0.1, -0.05) is 12.1 Å². The second kappa shape index (κ2) is 9.41. The number of hydrogen-bond donors (Lipinski definition) is 1. The van der Waals surface area contributed by atoms with Crippen molar-refractivity contribution in [1.82, 2.24) is 25.3 Å². The van der Waals surface area contributed by atoms with Gasteiger partial charge in [0.1, 0.15) is 11.6 Å². The highest BCUT2D eigenvalue weighted by Crippen LogP contribution is 2.58. The van der Waals surface area contributed by atoms with Gasteiger partial charge in [-0.2, -0.15) is 0 Å². The van der Waals surface area contributed by atoms with E-state index in [-0.39, 0.29) is 24.0 Å². The lowest BCUT2D eigenvalue weighted by Crippen LogP contribution is -2.40. The summed E-state index contributed by atoms with van der Waals surface area (Å²) in [6, 6.07) is 2.44. The van der Waals surface area contributed by atoms with Crippen molar-refractivity contribution in [3.8, 4) is 5.75 Å². The monoisotopic (exact) mass is 453 g/mol. The molecule has 0 bridgehead atoms. The molecule has 8 heteroatoms. The molecule has 1 unspecified atom stereocenters. The van der Waals surface area contributed by atoms with Crippen molar-refractivity contribution in [2.24, 2.45) is 11.8 Å². The van der Waals surface area contributed by atoms with E-state index in [4.69, 9.17) is 9.26 Å². The molecule has 0 radical (unpaired) electrons. The predicted molar refractivity (Wildman–Crippen MR) is 123 cm³/mol. The van der Waals surface area contributed by atoms with E-state index in [1.807, 2.05) is 6.92 Å². The molecule has 1 N–H and O–H groups in total. The number of hydrogen-bond acceptors (Lipinski definition) is 7. The van der Waals surface area contributed by atoms with Gasteiger partial charge in [-0.3, -0.25) is 4.79 Å². The lowest BCUT2D eigenvalue weighted by atomic mass is 9.84. The van der Waals surface area contributed by atoms with Gasteiger partial charge in [0, 0.05) is 37.0 Å². The first kappa shape index (κ1) is 22.3. The Kier molecular flexibility index (Phi) is 6.36. The molecule has 3 fully saturated rings. The molecule has 3 heterocycles. The molecule has 8 nitrogen and oxygen atoms in total. The topological polar surface area (TPSA) is 93.4 Å². The summed E-state index contributed by atoms with van der Waals surface area (Å²) in [5, 5.41) is 7.51. The number of piperidine rings is 1. The lowest BCUT2D eigenvalue weighted by Gasteiger charge is -2.30. The minimum atomic E-state index is -0.0697. The van der Waals surface area contributed by atoms with Crippen LogP contribution in [-0.4, -0.2) is 58.2 Å². The number of amides is 1. The number of fused-ring (bicyclic) bond motifs is 1. The van der Waals surface area contributed by atoms with Gasteiger partial charge >= 0.3 is 0 Å². The zero-order valence-corrected chi connectivity index (χ0v) is 19.8. The first-order valence-corrected chi connectivity index (χ1v) is 12.4. The molecule has 3 aliphatic rings. The molecule has 2 aromatic heterocycles. The van der Waals surface area contributed by atoms with Crippen LogP contribution in [0.5, 0.6) is 5.75 Å². The molecular weight excluding hydrogens is 418 g/mol. The predicted octanol–water partition coefficient (Wildman–Crippen LogP) is 3.05.